The molecule has 2 aromatic carbocycles. The molecule has 0 saturated heterocycles. The van der Waals surface area contributed by atoms with Gasteiger partial charge in [-0.15, -0.1) is 0 Å². The van der Waals surface area contributed by atoms with E-state index in [0.29, 0.717) is 11.8 Å². The van der Waals surface area contributed by atoms with Crippen molar-refractivity contribution in [1.82, 2.24) is 0 Å². The quantitative estimate of drug-likeness (QED) is 0.417. The van der Waals surface area contributed by atoms with Gasteiger partial charge in [-0.05, 0) is 80.5 Å². The first-order valence-corrected chi connectivity index (χ1v) is 11.9. The molecule has 0 spiro atoms. The highest BCUT2D eigenvalue weighted by Gasteiger charge is 2.39. The molecular formula is C32H26. The van der Waals surface area contributed by atoms with Gasteiger partial charge in [-0.3, -0.25) is 0 Å². The monoisotopic (exact) mass is 410 g/mol. The maximum Gasteiger partial charge on any atom is 0.0202 e. The van der Waals surface area contributed by atoms with Gasteiger partial charge in [0.25, 0.3) is 0 Å². The van der Waals surface area contributed by atoms with Gasteiger partial charge in [0.2, 0.25) is 0 Å². The molecule has 0 aliphatic heterocycles. The Hall–Kier alpha value is -3.38. The Kier molecular flexibility index (Phi) is 3.88. The Morgan fingerprint density at radius 2 is 1.56 bits per heavy atom. The molecule has 2 unspecified atom stereocenters. The van der Waals surface area contributed by atoms with E-state index in [1.54, 1.807) is 0 Å². The lowest BCUT2D eigenvalue weighted by molar-refractivity contribution is 0.550. The molecule has 32 heavy (non-hydrogen) atoms. The fraction of sp³-hybridized carbons (Fsp3) is 0.188. The van der Waals surface area contributed by atoms with E-state index in [-0.39, 0.29) is 0 Å². The predicted molar refractivity (Wildman–Crippen MR) is 133 cm³/mol. The van der Waals surface area contributed by atoms with Crippen LogP contribution in [0.2, 0.25) is 0 Å². The number of hydrogen-bond donors (Lipinski definition) is 0. The van der Waals surface area contributed by atoms with E-state index in [2.05, 4.69) is 98.0 Å². The van der Waals surface area contributed by atoms with Crippen LogP contribution in [0.1, 0.15) is 30.0 Å². The summed E-state index contributed by atoms with van der Waals surface area (Å²) < 4.78 is 0. The molecular weight excluding hydrogens is 384 g/mol. The number of fused-ring (bicyclic) bond motifs is 3. The van der Waals surface area contributed by atoms with Gasteiger partial charge in [0, 0.05) is 11.8 Å². The second-order valence-electron chi connectivity index (χ2n) is 9.61. The zero-order valence-corrected chi connectivity index (χ0v) is 18.4. The molecule has 7 rings (SSSR count). The van der Waals surface area contributed by atoms with Crippen LogP contribution in [0.3, 0.4) is 0 Å². The van der Waals surface area contributed by atoms with Crippen molar-refractivity contribution in [2.45, 2.75) is 26.2 Å². The second-order valence-corrected chi connectivity index (χ2v) is 9.61. The molecule has 0 heteroatoms. The van der Waals surface area contributed by atoms with E-state index in [1.807, 2.05) is 0 Å². The number of hydrogen-bond acceptors (Lipinski definition) is 0. The Bertz CT molecular complexity index is 1390. The third kappa shape index (κ3) is 2.56. The van der Waals surface area contributed by atoms with Crippen molar-refractivity contribution >= 4 is 0 Å². The standard InChI is InChI=1S/C32H26/c1-2-21-9-10-22-14-16-29-25(12-11-23-13-15-28(21)31(22)32(23)29)17-20-7-8-26-19-24-5-3-4-6-27(24)30(26)18-20/h3-16,18,31-32H,2,17,19H2,1H3. The Morgan fingerprint density at radius 3 is 2.50 bits per heavy atom. The van der Waals surface area contributed by atoms with Crippen LogP contribution in [0.25, 0.3) is 11.1 Å². The predicted octanol–water partition coefficient (Wildman–Crippen LogP) is 7.61. The maximum absolute atomic E-state index is 2.44. The molecule has 5 aliphatic rings. The van der Waals surface area contributed by atoms with Crippen molar-refractivity contribution in [2.75, 3.05) is 0 Å². The topological polar surface area (TPSA) is 0 Å². The number of allylic oxidation sites excluding steroid dienone is 14. The van der Waals surface area contributed by atoms with Gasteiger partial charge in [0.15, 0.2) is 0 Å². The second kappa shape index (κ2) is 6.81. The Balaban J connectivity index is 1.28. The normalized spacial score (nSPS) is 23.7. The van der Waals surface area contributed by atoms with E-state index in [4.69, 9.17) is 0 Å². The van der Waals surface area contributed by atoms with Crippen LogP contribution in [-0.2, 0) is 12.8 Å². The van der Waals surface area contributed by atoms with Gasteiger partial charge in [0.05, 0.1) is 0 Å². The fourth-order valence-corrected chi connectivity index (χ4v) is 6.39. The van der Waals surface area contributed by atoms with Crippen LogP contribution < -0.4 is 0 Å². The van der Waals surface area contributed by atoms with Crippen molar-refractivity contribution in [3.05, 3.63) is 141 Å². The third-order valence-corrected chi connectivity index (χ3v) is 7.97. The summed E-state index contributed by atoms with van der Waals surface area (Å²) in [5.74, 6) is 0.957. The maximum atomic E-state index is 2.44. The van der Waals surface area contributed by atoms with E-state index < -0.39 is 0 Å². The summed E-state index contributed by atoms with van der Waals surface area (Å²) in [6.07, 6.45) is 22.1. The zero-order chi connectivity index (χ0) is 21.2. The fourth-order valence-electron chi connectivity index (χ4n) is 6.39. The Morgan fingerprint density at radius 1 is 0.750 bits per heavy atom. The highest BCUT2D eigenvalue weighted by molar-refractivity contribution is 5.77. The summed E-state index contributed by atoms with van der Waals surface area (Å²) >= 11 is 0. The van der Waals surface area contributed by atoms with Gasteiger partial charge < -0.3 is 0 Å². The van der Waals surface area contributed by atoms with E-state index in [0.717, 1.165) is 19.3 Å². The van der Waals surface area contributed by atoms with E-state index in [9.17, 15) is 0 Å². The van der Waals surface area contributed by atoms with Gasteiger partial charge in [0.1, 0.15) is 0 Å². The van der Waals surface area contributed by atoms with Crippen molar-refractivity contribution in [3.8, 4) is 11.1 Å². The molecule has 0 radical (unpaired) electrons. The molecule has 154 valence electrons. The van der Waals surface area contributed by atoms with Gasteiger partial charge in [-0.2, -0.15) is 0 Å². The van der Waals surface area contributed by atoms with Gasteiger partial charge in [-0.25, -0.2) is 0 Å². The van der Waals surface area contributed by atoms with Crippen LogP contribution in [0.5, 0.6) is 0 Å². The third-order valence-electron chi connectivity index (χ3n) is 7.97. The van der Waals surface area contributed by atoms with Crippen LogP contribution in [-0.4, -0.2) is 0 Å². The van der Waals surface area contributed by atoms with Crippen LogP contribution in [0, 0.1) is 11.8 Å². The van der Waals surface area contributed by atoms with Crippen molar-refractivity contribution < 1.29 is 0 Å². The molecule has 0 heterocycles. The lowest BCUT2D eigenvalue weighted by Crippen LogP contribution is -2.30. The minimum Gasteiger partial charge on any atom is -0.0619 e. The number of rotatable bonds is 3. The average molecular weight is 411 g/mol. The van der Waals surface area contributed by atoms with Crippen molar-refractivity contribution in [3.63, 3.8) is 0 Å². The highest BCUT2D eigenvalue weighted by Crippen LogP contribution is 2.51. The Labute approximate surface area is 190 Å². The molecule has 0 fully saturated rings. The van der Waals surface area contributed by atoms with E-state index in [1.165, 1.54) is 61.3 Å². The van der Waals surface area contributed by atoms with Gasteiger partial charge in [-0.1, -0.05) is 98.0 Å². The molecule has 0 bridgehead atoms. The summed E-state index contributed by atoms with van der Waals surface area (Å²) in [7, 11) is 0. The average Bonchev–Trinajstić information content (AvgIpc) is 3.21. The summed E-state index contributed by atoms with van der Waals surface area (Å²) in [5.41, 5.74) is 16.1. The minimum absolute atomic E-state index is 0.469. The van der Waals surface area contributed by atoms with Crippen molar-refractivity contribution in [1.29, 1.82) is 0 Å². The first kappa shape index (κ1) is 18.2. The first-order valence-electron chi connectivity index (χ1n) is 11.9. The van der Waals surface area contributed by atoms with Crippen molar-refractivity contribution in [2.24, 2.45) is 11.8 Å². The summed E-state index contributed by atoms with van der Waals surface area (Å²) in [5, 5.41) is 0. The molecule has 0 aromatic heterocycles. The zero-order valence-electron chi connectivity index (χ0n) is 18.4. The molecule has 2 aromatic rings. The smallest absolute Gasteiger partial charge is 0.0202 e. The largest absolute Gasteiger partial charge is 0.0619 e. The molecule has 0 amide bonds. The van der Waals surface area contributed by atoms with Crippen LogP contribution >= 0.6 is 0 Å². The van der Waals surface area contributed by atoms with E-state index >= 15 is 0 Å². The minimum atomic E-state index is 0.469. The SMILES string of the molecule is CCC1=C2C=CC3=CC=C(Cc4ccc5c(c4)-c4ccccc4C5)C4=CC=C(C=C1)C2C34. The summed E-state index contributed by atoms with van der Waals surface area (Å²) in [6.45, 7) is 2.28. The first-order chi connectivity index (χ1) is 15.8. The van der Waals surface area contributed by atoms with Gasteiger partial charge >= 0.3 is 0 Å². The van der Waals surface area contributed by atoms with Crippen LogP contribution in [0.4, 0.5) is 0 Å². The highest BCUT2D eigenvalue weighted by atomic mass is 14.4. The molecule has 0 N–H and O–H groups in total. The molecule has 0 saturated carbocycles. The lowest BCUT2D eigenvalue weighted by Gasteiger charge is -2.42. The molecule has 0 nitrogen and oxygen atoms in total. The molecule has 5 aliphatic carbocycles. The summed E-state index contributed by atoms with van der Waals surface area (Å²) in [6, 6.07) is 16.0. The number of benzene rings is 2. The lowest BCUT2D eigenvalue weighted by atomic mass is 9.61. The van der Waals surface area contributed by atoms with Crippen LogP contribution in [0.15, 0.2) is 125 Å². The molecule has 2 atom stereocenters. The summed E-state index contributed by atoms with van der Waals surface area (Å²) in [4.78, 5) is 0.